The van der Waals surface area contributed by atoms with Crippen LogP contribution in [0.15, 0.2) is 53.1 Å². The second kappa shape index (κ2) is 7.27. The van der Waals surface area contributed by atoms with Crippen molar-refractivity contribution in [3.05, 3.63) is 65.0 Å². The summed E-state index contributed by atoms with van der Waals surface area (Å²) in [6, 6.07) is 14.9. The lowest BCUT2D eigenvalue weighted by Gasteiger charge is -2.05. The van der Waals surface area contributed by atoms with E-state index in [2.05, 4.69) is 15.5 Å². The second-order valence-corrected chi connectivity index (χ2v) is 5.76. The highest BCUT2D eigenvalue weighted by Gasteiger charge is 2.12. The number of aromatic nitrogens is 2. The molecule has 3 rings (SSSR count). The van der Waals surface area contributed by atoms with Crippen molar-refractivity contribution in [2.24, 2.45) is 0 Å². The van der Waals surface area contributed by atoms with Crippen molar-refractivity contribution in [1.82, 2.24) is 10.1 Å². The Hall–Kier alpha value is -2.66. The van der Waals surface area contributed by atoms with Crippen LogP contribution in [0.2, 0.25) is 5.02 Å². The molecule has 0 fully saturated rings. The maximum Gasteiger partial charge on any atom is 0.227 e. The Balaban J connectivity index is 1.61. The van der Waals surface area contributed by atoms with E-state index in [9.17, 15) is 4.79 Å². The van der Waals surface area contributed by atoms with Crippen LogP contribution in [0, 0.1) is 6.92 Å². The van der Waals surface area contributed by atoms with E-state index < -0.39 is 0 Å². The summed E-state index contributed by atoms with van der Waals surface area (Å²) in [5.74, 6) is 0.816. The molecule has 3 aromatic rings. The van der Waals surface area contributed by atoms with Crippen LogP contribution in [0.25, 0.3) is 11.4 Å². The fraction of sp³-hybridized carbons (Fsp3) is 0.167. The first-order valence-electron chi connectivity index (χ1n) is 7.56. The van der Waals surface area contributed by atoms with Crippen LogP contribution in [0.4, 0.5) is 5.69 Å². The van der Waals surface area contributed by atoms with Crippen LogP contribution < -0.4 is 5.32 Å². The van der Waals surface area contributed by atoms with Gasteiger partial charge in [-0.1, -0.05) is 53.2 Å². The molecular formula is C18H16ClN3O2. The number of amides is 1. The van der Waals surface area contributed by atoms with Crippen LogP contribution in [0.3, 0.4) is 0 Å². The Morgan fingerprint density at radius 2 is 1.92 bits per heavy atom. The third-order valence-corrected chi connectivity index (χ3v) is 3.90. The van der Waals surface area contributed by atoms with Crippen molar-refractivity contribution in [3.8, 4) is 11.4 Å². The van der Waals surface area contributed by atoms with Gasteiger partial charge in [0, 0.05) is 18.4 Å². The van der Waals surface area contributed by atoms with Gasteiger partial charge in [-0.15, -0.1) is 0 Å². The Kier molecular flexibility index (Phi) is 4.91. The normalized spacial score (nSPS) is 10.6. The first-order valence-corrected chi connectivity index (χ1v) is 7.94. The minimum absolute atomic E-state index is 0.154. The average molecular weight is 342 g/mol. The highest BCUT2D eigenvalue weighted by atomic mass is 35.5. The van der Waals surface area contributed by atoms with Crippen molar-refractivity contribution >= 4 is 23.2 Å². The van der Waals surface area contributed by atoms with E-state index >= 15 is 0 Å². The molecule has 122 valence electrons. The van der Waals surface area contributed by atoms with E-state index in [0.717, 1.165) is 11.1 Å². The molecule has 1 heterocycles. The number of aryl methyl sites for hydroxylation is 2. The number of carbonyl (C=O) groups excluding carboxylic acids is 1. The van der Waals surface area contributed by atoms with E-state index in [1.807, 2.05) is 43.3 Å². The van der Waals surface area contributed by atoms with Gasteiger partial charge in [0.05, 0.1) is 10.7 Å². The Morgan fingerprint density at radius 1 is 1.17 bits per heavy atom. The Morgan fingerprint density at radius 3 is 2.71 bits per heavy atom. The highest BCUT2D eigenvalue weighted by Crippen LogP contribution is 2.22. The summed E-state index contributed by atoms with van der Waals surface area (Å²) in [7, 11) is 0. The molecular weight excluding hydrogens is 326 g/mol. The lowest BCUT2D eigenvalue weighted by Crippen LogP contribution is -2.12. The topological polar surface area (TPSA) is 68.0 Å². The minimum atomic E-state index is -0.154. The molecule has 0 aliphatic carbocycles. The van der Waals surface area contributed by atoms with Crippen molar-refractivity contribution in [1.29, 1.82) is 0 Å². The van der Waals surface area contributed by atoms with Crippen LogP contribution in [0.1, 0.15) is 17.9 Å². The first kappa shape index (κ1) is 16.2. The van der Waals surface area contributed by atoms with Gasteiger partial charge >= 0.3 is 0 Å². The monoisotopic (exact) mass is 341 g/mol. The molecule has 24 heavy (non-hydrogen) atoms. The SMILES string of the molecule is Cc1ccccc1-c1noc(CCC(=O)Nc2ccccc2Cl)n1. The molecule has 0 saturated heterocycles. The van der Waals surface area contributed by atoms with Gasteiger partial charge in [-0.25, -0.2) is 0 Å². The van der Waals surface area contributed by atoms with Crippen molar-refractivity contribution in [3.63, 3.8) is 0 Å². The number of nitrogens with one attached hydrogen (secondary N) is 1. The smallest absolute Gasteiger partial charge is 0.227 e. The van der Waals surface area contributed by atoms with Gasteiger partial charge < -0.3 is 9.84 Å². The summed E-state index contributed by atoms with van der Waals surface area (Å²) < 4.78 is 5.23. The Bertz CT molecular complexity index is 861. The number of benzene rings is 2. The number of rotatable bonds is 5. The van der Waals surface area contributed by atoms with Crippen LogP contribution in [-0.4, -0.2) is 16.0 Å². The lowest BCUT2D eigenvalue weighted by molar-refractivity contribution is -0.116. The second-order valence-electron chi connectivity index (χ2n) is 5.35. The standard InChI is InChI=1S/C18H16ClN3O2/c1-12-6-2-3-7-13(12)18-21-17(24-22-18)11-10-16(23)20-15-9-5-4-8-14(15)19/h2-9H,10-11H2,1H3,(H,20,23). The van der Waals surface area contributed by atoms with Gasteiger partial charge in [-0.2, -0.15) is 4.98 Å². The molecule has 0 bridgehead atoms. The van der Waals surface area contributed by atoms with E-state index in [1.165, 1.54) is 0 Å². The molecule has 0 radical (unpaired) electrons. The van der Waals surface area contributed by atoms with Crippen molar-refractivity contribution in [2.75, 3.05) is 5.32 Å². The number of carbonyl (C=O) groups is 1. The zero-order valence-electron chi connectivity index (χ0n) is 13.1. The summed E-state index contributed by atoms with van der Waals surface area (Å²) in [6.45, 7) is 1.99. The first-order chi connectivity index (χ1) is 11.6. The number of hydrogen-bond acceptors (Lipinski definition) is 4. The minimum Gasteiger partial charge on any atom is -0.339 e. The van der Waals surface area contributed by atoms with E-state index in [0.29, 0.717) is 28.8 Å². The fourth-order valence-corrected chi connectivity index (χ4v) is 2.47. The average Bonchev–Trinajstić information content (AvgIpc) is 3.04. The van der Waals surface area contributed by atoms with Gasteiger partial charge in [0.15, 0.2) is 0 Å². The summed E-state index contributed by atoms with van der Waals surface area (Å²) in [5, 5.41) is 7.26. The summed E-state index contributed by atoms with van der Waals surface area (Å²) in [4.78, 5) is 16.4. The van der Waals surface area contributed by atoms with E-state index in [1.54, 1.807) is 12.1 Å². The molecule has 0 aliphatic rings. The third kappa shape index (κ3) is 3.81. The summed E-state index contributed by atoms with van der Waals surface area (Å²) in [5.41, 5.74) is 2.59. The van der Waals surface area contributed by atoms with Gasteiger partial charge in [0.2, 0.25) is 17.6 Å². The molecule has 0 unspecified atom stereocenters. The highest BCUT2D eigenvalue weighted by molar-refractivity contribution is 6.33. The number of nitrogens with zero attached hydrogens (tertiary/aromatic N) is 2. The molecule has 0 spiro atoms. The fourth-order valence-electron chi connectivity index (χ4n) is 2.29. The van der Waals surface area contributed by atoms with E-state index in [-0.39, 0.29) is 12.3 Å². The Labute approximate surface area is 144 Å². The van der Waals surface area contributed by atoms with Crippen LogP contribution >= 0.6 is 11.6 Å². The maximum atomic E-state index is 12.0. The van der Waals surface area contributed by atoms with Gasteiger partial charge in [-0.3, -0.25) is 4.79 Å². The van der Waals surface area contributed by atoms with Crippen LogP contribution in [-0.2, 0) is 11.2 Å². The molecule has 1 aromatic heterocycles. The predicted octanol–water partition coefficient (Wildman–Crippen LogP) is 4.27. The molecule has 1 N–H and O–H groups in total. The van der Waals surface area contributed by atoms with Gasteiger partial charge in [0.1, 0.15) is 0 Å². The molecule has 0 aliphatic heterocycles. The van der Waals surface area contributed by atoms with Crippen molar-refractivity contribution in [2.45, 2.75) is 19.8 Å². The molecule has 0 saturated carbocycles. The molecule has 2 aromatic carbocycles. The van der Waals surface area contributed by atoms with Crippen molar-refractivity contribution < 1.29 is 9.32 Å². The summed E-state index contributed by atoms with van der Waals surface area (Å²) >= 11 is 6.02. The number of halogens is 1. The zero-order valence-corrected chi connectivity index (χ0v) is 13.9. The van der Waals surface area contributed by atoms with Crippen LogP contribution in [0.5, 0.6) is 0 Å². The van der Waals surface area contributed by atoms with Gasteiger partial charge in [0.25, 0.3) is 0 Å². The molecule has 0 atom stereocenters. The van der Waals surface area contributed by atoms with E-state index in [4.69, 9.17) is 16.1 Å². The zero-order chi connectivity index (χ0) is 16.9. The largest absolute Gasteiger partial charge is 0.339 e. The third-order valence-electron chi connectivity index (χ3n) is 3.57. The molecule has 1 amide bonds. The number of para-hydroxylation sites is 1. The maximum absolute atomic E-state index is 12.0. The van der Waals surface area contributed by atoms with Gasteiger partial charge in [-0.05, 0) is 24.6 Å². The predicted molar refractivity (Wildman–Crippen MR) is 92.9 cm³/mol. The number of hydrogen-bond donors (Lipinski definition) is 1. The lowest BCUT2D eigenvalue weighted by atomic mass is 10.1. The quantitative estimate of drug-likeness (QED) is 0.752. The molecule has 5 nitrogen and oxygen atoms in total. The summed E-state index contributed by atoms with van der Waals surface area (Å²) in [6.07, 6.45) is 0.607. The number of anilines is 1. The molecule has 6 heteroatoms.